The predicted octanol–water partition coefficient (Wildman–Crippen LogP) is 2.43. The molecule has 0 radical (unpaired) electrons. The third-order valence-corrected chi connectivity index (χ3v) is 4.22. The standard InChI is InChI=1S/C19H20N4O3/c1-24-19-6-5-17(20-21-19)14-3-2-4-15(11-14)18-7-8-23(22-18)12-16-13-25-9-10-26-16/h2-8,11,16H,9-10,12-13H2,1H3/t16-/m0/s1. The summed E-state index contributed by atoms with van der Waals surface area (Å²) < 4.78 is 18.1. The van der Waals surface area contributed by atoms with Crippen LogP contribution >= 0.6 is 0 Å². The van der Waals surface area contributed by atoms with Gasteiger partial charge in [-0.1, -0.05) is 18.2 Å². The molecule has 134 valence electrons. The molecule has 0 N–H and O–H groups in total. The van der Waals surface area contributed by atoms with Gasteiger partial charge in [0.15, 0.2) is 0 Å². The smallest absolute Gasteiger partial charge is 0.233 e. The van der Waals surface area contributed by atoms with Crippen molar-refractivity contribution in [2.24, 2.45) is 0 Å². The number of benzene rings is 1. The van der Waals surface area contributed by atoms with Gasteiger partial charge in [0.2, 0.25) is 5.88 Å². The molecule has 0 aliphatic carbocycles. The Bertz CT molecular complexity index is 857. The maximum Gasteiger partial charge on any atom is 0.233 e. The highest BCUT2D eigenvalue weighted by molar-refractivity contribution is 5.69. The van der Waals surface area contributed by atoms with Gasteiger partial charge in [-0.05, 0) is 18.2 Å². The molecule has 1 aliphatic rings. The van der Waals surface area contributed by atoms with Crippen molar-refractivity contribution in [3.8, 4) is 28.4 Å². The van der Waals surface area contributed by atoms with E-state index in [0.717, 1.165) is 22.5 Å². The van der Waals surface area contributed by atoms with Crippen molar-refractivity contribution in [2.45, 2.75) is 12.6 Å². The van der Waals surface area contributed by atoms with Gasteiger partial charge in [0.1, 0.15) is 6.10 Å². The van der Waals surface area contributed by atoms with E-state index in [1.165, 1.54) is 0 Å². The Kier molecular flexibility index (Phi) is 4.90. The van der Waals surface area contributed by atoms with E-state index in [1.54, 1.807) is 13.2 Å². The van der Waals surface area contributed by atoms with Crippen LogP contribution in [0.5, 0.6) is 5.88 Å². The van der Waals surface area contributed by atoms with Crippen molar-refractivity contribution < 1.29 is 14.2 Å². The summed E-state index contributed by atoms with van der Waals surface area (Å²) in [4.78, 5) is 0. The minimum absolute atomic E-state index is 0.0532. The summed E-state index contributed by atoms with van der Waals surface area (Å²) >= 11 is 0. The molecule has 26 heavy (non-hydrogen) atoms. The van der Waals surface area contributed by atoms with Crippen molar-refractivity contribution in [1.29, 1.82) is 0 Å². The van der Waals surface area contributed by atoms with Gasteiger partial charge in [0.25, 0.3) is 0 Å². The van der Waals surface area contributed by atoms with Crippen LogP contribution < -0.4 is 4.74 Å². The van der Waals surface area contributed by atoms with Gasteiger partial charge in [0, 0.05) is 23.4 Å². The largest absolute Gasteiger partial charge is 0.480 e. The number of methoxy groups -OCH3 is 1. The number of aromatic nitrogens is 4. The summed E-state index contributed by atoms with van der Waals surface area (Å²) in [5.74, 6) is 0.498. The van der Waals surface area contributed by atoms with Crippen LogP contribution in [0.15, 0.2) is 48.7 Å². The fraction of sp³-hybridized carbons (Fsp3) is 0.316. The summed E-state index contributed by atoms with van der Waals surface area (Å²) in [5.41, 5.74) is 3.71. The van der Waals surface area contributed by atoms with E-state index in [-0.39, 0.29) is 6.10 Å². The van der Waals surface area contributed by atoms with Crippen LogP contribution in [0, 0.1) is 0 Å². The van der Waals surface area contributed by atoms with E-state index in [4.69, 9.17) is 14.2 Å². The lowest BCUT2D eigenvalue weighted by molar-refractivity contribution is -0.0946. The van der Waals surface area contributed by atoms with Crippen LogP contribution in [-0.2, 0) is 16.0 Å². The number of hydrogen-bond acceptors (Lipinski definition) is 6. The van der Waals surface area contributed by atoms with E-state index in [2.05, 4.69) is 21.4 Å². The number of hydrogen-bond donors (Lipinski definition) is 0. The summed E-state index contributed by atoms with van der Waals surface area (Å²) in [6, 6.07) is 13.8. The minimum Gasteiger partial charge on any atom is -0.480 e. The van der Waals surface area contributed by atoms with Crippen LogP contribution in [0.2, 0.25) is 0 Å². The summed E-state index contributed by atoms with van der Waals surface area (Å²) in [6.45, 7) is 2.61. The number of ether oxygens (including phenoxy) is 3. The van der Waals surface area contributed by atoms with Crippen molar-refractivity contribution >= 4 is 0 Å². The van der Waals surface area contributed by atoms with Crippen LogP contribution in [0.3, 0.4) is 0 Å². The molecule has 3 heterocycles. The third-order valence-electron chi connectivity index (χ3n) is 4.22. The Morgan fingerprint density at radius 2 is 1.96 bits per heavy atom. The molecule has 1 aromatic carbocycles. The second-order valence-electron chi connectivity index (χ2n) is 6.03. The van der Waals surface area contributed by atoms with Crippen LogP contribution in [0.1, 0.15) is 0 Å². The van der Waals surface area contributed by atoms with E-state index in [9.17, 15) is 0 Å². The zero-order chi connectivity index (χ0) is 17.8. The topological polar surface area (TPSA) is 71.3 Å². The van der Waals surface area contributed by atoms with Gasteiger partial charge in [0.05, 0.1) is 44.9 Å². The lowest BCUT2D eigenvalue weighted by atomic mass is 10.1. The highest BCUT2D eigenvalue weighted by atomic mass is 16.6. The molecule has 1 atom stereocenters. The SMILES string of the molecule is COc1ccc(-c2cccc(-c3ccn(C[C@H]4COCCO4)n3)c2)nn1. The molecule has 7 heteroatoms. The van der Waals surface area contributed by atoms with Crippen molar-refractivity contribution in [3.05, 3.63) is 48.7 Å². The lowest BCUT2D eigenvalue weighted by Crippen LogP contribution is -2.32. The second kappa shape index (κ2) is 7.63. The van der Waals surface area contributed by atoms with Gasteiger partial charge >= 0.3 is 0 Å². The minimum atomic E-state index is 0.0532. The van der Waals surface area contributed by atoms with Crippen molar-refractivity contribution in [2.75, 3.05) is 26.9 Å². The number of nitrogens with zero attached hydrogens (tertiary/aromatic N) is 4. The second-order valence-corrected chi connectivity index (χ2v) is 6.03. The molecule has 2 aromatic heterocycles. The fourth-order valence-electron chi connectivity index (χ4n) is 2.89. The molecule has 1 saturated heterocycles. The molecule has 1 aliphatic heterocycles. The van der Waals surface area contributed by atoms with Gasteiger partial charge in [-0.3, -0.25) is 4.68 Å². The van der Waals surface area contributed by atoms with E-state index in [1.807, 2.05) is 41.2 Å². The fourth-order valence-corrected chi connectivity index (χ4v) is 2.89. The zero-order valence-corrected chi connectivity index (χ0v) is 14.5. The van der Waals surface area contributed by atoms with Gasteiger partial charge in [-0.25, -0.2) is 0 Å². The van der Waals surface area contributed by atoms with E-state index in [0.29, 0.717) is 32.2 Å². The number of rotatable bonds is 5. The average Bonchev–Trinajstić information content (AvgIpc) is 3.17. The molecule has 0 amide bonds. The molecule has 0 spiro atoms. The Balaban J connectivity index is 1.52. The summed E-state index contributed by atoms with van der Waals surface area (Å²) in [6.07, 6.45) is 2.02. The predicted molar refractivity (Wildman–Crippen MR) is 95.8 cm³/mol. The van der Waals surface area contributed by atoms with Crippen LogP contribution in [-0.4, -0.2) is 53.0 Å². The quantitative estimate of drug-likeness (QED) is 0.702. The van der Waals surface area contributed by atoms with Crippen molar-refractivity contribution in [3.63, 3.8) is 0 Å². The normalized spacial score (nSPS) is 17.2. The first kappa shape index (κ1) is 16.7. The first-order chi connectivity index (χ1) is 12.8. The van der Waals surface area contributed by atoms with E-state index < -0.39 is 0 Å². The Labute approximate surface area is 151 Å². The van der Waals surface area contributed by atoms with Gasteiger partial charge in [-0.15, -0.1) is 10.2 Å². The first-order valence-electron chi connectivity index (χ1n) is 8.53. The molecule has 0 bridgehead atoms. The lowest BCUT2D eigenvalue weighted by Gasteiger charge is -2.22. The molecule has 7 nitrogen and oxygen atoms in total. The van der Waals surface area contributed by atoms with E-state index >= 15 is 0 Å². The molecule has 0 saturated carbocycles. The van der Waals surface area contributed by atoms with Crippen LogP contribution in [0.25, 0.3) is 22.5 Å². The third kappa shape index (κ3) is 3.74. The molecule has 4 rings (SSSR count). The van der Waals surface area contributed by atoms with Gasteiger partial charge in [-0.2, -0.15) is 5.10 Å². The maximum atomic E-state index is 5.68. The zero-order valence-electron chi connectivity index (χ0n) is 14.5. The van der Waals surface area contributed by atoms with Crippen LogP contribution in [0.4, 0.5) is 0 Å². The summed E-state index contributed by atoms with van der Waals surface area (Å²) in [7, 11) is 1.57. The average molecular weight is 352 g/mol. The highest BCUT2D eigenvalue weighted by Crippen LogP contribution is 2.24. The van der Waals surface area contributed by atoms with Gasteiger partial charge < -0.3 is 14.2 Å². The molecule has 0 unspecified atom stereocenters. The molecule has 3 aromatic rings. The Morgan fingerprint density at radius 1 is 1.08 bits per heavy atom. The maximum absolute atomic E-state index is 5.68. The highest BCUT2D eigenvalue weighted by Gasteiger charge is 2.15. The Hall–Kier alpha value is -2.77. The monoisotopic (exact) mass is 352 g/mol. The molecular formula is C19H20N4O3. The van der Waals surface area contributed by atoms with Crippen molar-refractivity contribution in [1.82, 2.24) is 20.0 Å². The Morgan fingerprint density at radius 3 is 2.69 bits per heavy atom. The molecule has 1 fully saturated rings. The molecular weight excluding hydrogens is 332 g/mol. The first-order valence-corrected chi connectivity index (χ1v) is 8.53. The summed E-state index contributed by atoms with van der Waals surface area (Å²) in [5, 5.41) is 12.9.